The van der Waals surface area contributed by atoms with Crippen molar-refractivity contribution >= 4 is 15.7 Å². The molecule has 0 bridgehead atoms. The summed E-state index contributed by atoms with van der Waals surface area (Å²) in [6.07, 6.45) is 3.75. The first-order valence-electron chi connectivity index (χ1n) is 11.1. The Morgan fingerprint density at radius 1 is 1.06 bits per heavy atom. The largest absolute Gasteiger partial charge is 0.489 e. The maximum Gasteiger partial charge on any atom is 0.264 e. The Kier molecular flexibility index (Phi) is 5.41. The van der Waals surface area contributed by atoms with Crippen LogP contribution in [0.4, 0.5) is 10.1 Å². The summed E-state index contributed by atoms with van der Waals surface area (Å²) in [5, 5.41) is 0. The van der Waals surface area contributed by atoms with Gasteiger partial charge in [0.1, 0.15) is 18.2 Å². The van der Waals surface area contributed by atoms with E-state index in [4.69, 9.17) is 4.74 Å². The van der Waals surface area contributed by atoms with Crippen LogP contribution in [0.3, 0.4) is 0 Å². The third kappa shape index (κ3) is 3.99. The van der Waals surface area contributed by atoms with Crippen LogP contribution in [0.15, 0.2) is 65.6 Å². The van der Waals surface area contributed by atoms with Gasteiger partial charge in [0.15, 0.2) is 0 Å². The van der Waals surface area contributed by atoms with E-state index >= 15 is 0 Å². The molecule has 3 aromatic carbocycles. The summed E-state index contributed by atoms with van der Waals surface area (Å²) in [7, 11) is -3.68. The maximum absolute atomic E-state index is 14.5. The Labute approximate surface area is 188 Å². The Bertz CT molecular complexity index is 1270. The first kappa shape index (κ1) is 21.0. The number of halogens is 1. The molecule has 0 amide bonds. The number of ether oxygens (including phenoxy) is 1. The smallest absolute Gasteiger partial charge is 0.264 e. The molecule has 0 spiro atoms. The van der Waals surface area contributed by atoms with Crippen molar-refractivity contribution in [3.63, 3.8) is 0 Å². The molecule has 1 aliphatic carbocycles. The number of hydrogen-bond donors (Lipinski definition) is 0. The van der Waals surface area contributed by atoms with Crippen LogP contribution in [0.2, 0.25) is 0 Å². The Morgan fingerprint density at radius 3 is 2.66 bits per heavy atom. The summed E-state index contributed by atoms with van der Waals surface area (Å²) in [6, 6.07) is 17.7. The summed E-state index contributed by atoms with van der Waals surface area (Å²) < 4.78 is 48.7. The Hall–Kier alpha value is -2.86. The lowest BCUT2D eigenvalue weighted by Crippen LogP contribution is -2.35. The Balaban J connectivity index is 1.44. The highest BCUT2D eigenvalue weighted by Gasteiger charge is 2.30. The molecule has 0 saturated heterocycles. The topological polar surface area (TPSA) is 46.6 Å². The van der Waals surface area contributed by atoms with Gasteiger partial charge >= 0.3 is 0 Å². The number of anilines is 1. The van der Waals surface area contributed by atoms with Crippen molar-refractivity contribution in [3.8, 4) is 5.75 Å². The van der Waals surface area contributed by atoms with Crippen molar-refractivity contribution in [1.29, 1.82) is 0 Å². The number of rotatable bonds is 6. The molecule has 32 heavy (non-hydrogen) atoms. The molecule has 0 radical (unpaired) electrons. The fourth-order valence-electron chi connectivity index (χ4n) is 4.42. The standard InChI is InChI=1S/C26H26FNO3S/c1-18-5-2-7-22(15-18)32(29,30)28-14-4-6-20-12-13-21(16-26(20)28)31-17-24-23(19-10-11-19)8-3-9-25(24)27/h2-3,5,7-9,12-13,15-16,19H,4,6,10-11,14,17H2,1H3. The zero-order valence-corrected chi connectivity index (χ0v) is 18.9. The minimum atomic E-state index is -3.68. The molecule has 3 aromatic rings. The molecule has 2 aliphatic rings. The third-order valence-corrected chi connectivity index (χ3v) is 8.07. The molecule has 5 rings (SSSR count). The molecule has 4 nitrogen and oxygen atoms in total. The van der Waals surface area contributed by atoms with E-state index < -0.39 is 10.0 Å². The fraction of sp³-hybridized carbons (Fsp3) is 0.308. The Morgan fingerprint density at radius 2 is 1.88 bits per heavy atom. The minimum absolute atomic E-state index is 0.127. The molecule has 1 heterocycles. The average Bonchev–Trinajstić information content (AvgIpc) is 3.63. The van der Waals surface area contributed by atoms with Crippen LogP contribution in [0.5, 0.6) is 5.75 Å². The molecule has 1 fully saturated rings. The molecule has 0 unspecified atom stereocenters. The van der Waals surface area contributed by atoms with Crippen molar-refractivity contribution in [1.82, 2.24) is 0 Å². The predicted octanol–water partition coefficient (Wildman–Crippen LogP) is 5.73. The third-order valence-electron chi connectivity index (χ3n) is 6.27. The molecule has 6 heteroatoms. The SMILES string of the molecule is Cc1cccc(S(=O)(=O)N2CCCc3ccc(OCc4c(F)cccc4C4CC4)cc32)c1. The summed E-state index contributed by atoms with van der Waals surface area (Å²) >= 11 is 0. The van der Waals surface area contributed by atoms with Gasteiger partial charge in [0, 0.05) is 18.2 Å². The molecule has 0 atom stereocenters. The van der Waals surface area contributed by atoms with Gasteiger partial charge < -0.3 is 4.74 Å². The van der Waals surface area contributed by atoms with Gasteiger partial charge in [0.2, 0.25) is 0 Å². The zero-order valence-electron chi connectivity index (χ0n) is 18.1. The van der Waals surface area contributed by atoms with Gasteiger partial charge in [-0.3, -0.25) is 4.31 Å². The number of fused-ring (bicyclic) bond motifs is 1. The summed E-state index contributed by atoms with van der Waals surface area (Å²) in [4.78, 5) is 0.289. The normalized spacial score (nSPS) is 16.0. The van der Waals surface area contributed by atoms with Gasteiger partial charge in [-0.25, -0.2) is 12.8 Å². The summed E-state index contributed by atoms with van der Waals surface area (Å²) in [5.74, 6) is 0.707. The predicted molar refractivity (Wildman–Crippen MR) is 123 cm³/mol. The molecular weight excluding hydrogens is 425 g/mol. The maximum atomic E-state index is 14.5. The number of sulfonamides is 1. The molecule has 166 valence electrons. The van der Waals surface area contributed by atoms with E-state index in [9.17, 15) is 12.8 Å². The van der Waals surface area contributed by atoms with Crippen molar-refractivity contribution in [2.45, 2.75) is 50.0 Å². The van der Waals surface area contributed by atoms with E-state index in [0.717, 1.165) is 42.4 Å². The van der Waals surface area contributed by atoms with Gasteiger partial charge in [-0.05, 0) is 79.5 Å². The van der Waals surface area contributed by atoms with Crippen LogP contribution in [0.1, 0.15) is 47.4 Å². The lowest BCUT2D eigenvalue weighted by Gasteiger charge is -2.31. The molecule has 0 aromatic heterocycles. The second-order valence-corrected chi connectivity index (χ2v) is 10.5. The molecule has 0 N–H and O–H groups in total. The monoisotopic (exact) mass is 451 g/mol. The number of benzene rings is 3. The van der Waals surface area contributed by atoms with E-state index in [1.165, 1.54) is 10.4 Å². The van der Waals surface area contributed by atoms with Crippen LogP contribution < -0.4 is 9.04 Å². The van der Waals surface area contributed by atoms with Crippen LogP contribution in [0, 0.1) is 12.7 Å². The van der Waals surface area contributed by atoms with Crippen LogP contribution >= 0.6 is 0 Å². The highest BCUT2D eigenvalue weighted by molar-refractivity contribution is 7.92. The van der Waals surface area contributed by atoms with Crippen LogP contribution in [0.25, 0.3) is 0 Å². The highest BCUT2D eigenvalue weighted by atomic mass is 32.2. The zero-order chi connectivity index (χ0) is 22.3. The lowest BCUT2D eigenvalue weighted by molar-refractivity contribution is 0.298. The molecule has 1 saturated carbocycles. The minimum Gasteiger partial charge on any atom is -0.489 e. The van der Waals surface area contributed by atoms with Crippen LogP contribution in [-0.2, 0) is 23.1 Å². The van der Waals surface area contributed by atoms with Gasteiger partial charge in [-0.2, -0.15) is 0 Å². The second-order valence-electron chi connectivity index (χ2n) is 8.66. The van der Waals surface area contributed by atoms with E-state index in [2.05, 4.69) is 0 Å². The lowest BCUT2D eigenvalue weighted by atomic mass is 10.0. The van der Waals surface area contributed by atoms with Gasteiger partial charge in [-0.15, -0.1) is 0 Å². The average molecular weight is 452 g/mol. The number of aryl methyl sites for hydroxylation is 2. The number of hydrogen-bond acceptors (Lipinski definition) is 3. The van der Waals surface area contributed by atoms with E-state index in [-0.39, 0.29) is 17.3 Å². The summed E-state index contributed by atoms with van der Waals surface area (Å²) in [6.45, 7) is 2.43. The van der Waals surface area contributed by atoms with Crippen molar-refractivity contribution in [2.75, 3.05) is 10.8 Å². The number of nitrogens with zero attached hydrogens (tertiary/aromatic N) is 1. The quantitative estimate of drug-likeness (QED) is 0.481. The second kappa shape index (κ2) is 8.24. The molecular formula is C26H26FNO3S. The first-order chi connectivity index (χ1) is 15.4. The van der Waals surface area contributed by atoms with Gasteiger partial charge in [0.05, 0.1) is 10.6 Å². The van der Waals surface area contributed by atoms with E-state index in [0.29, 0.717) is 29.5 Å². The van der Waals surface area contributed by atoms with Gasteiger partial charge in [0.25, 0.3) is 10.0 Å². The van der Waals surface area contributed by atoms with Crippen molar-refractivity contribution in [2.24, 2.45) is 0 Å². The van der Waals surface area contributed by atoms with Gasteiger partial charge in [-0.1, -0.05) is 30.3 Å². The first-order valence-corrected chi connectivity index (χ1v) is 12.5. The highest BCUT2D eigenvalue weighted by Crippen LogP contribution is 2.42. The van der Waals surface area contributed by atoms with Crippen LogP contribution in [-0.4, -0.2) is 15.0 Å². The van der Waals surface area contributed by atoms with Crippen molar-refractivity contribution in [3.05, 3.63) is 88.7 Å². The molecule has 1 aliphatic heterocycles. The fourth-order valence-corrected chi connectivity index (χ4v) is 6.06. The van der Waals surface area contributed by atoms with E-state index in [1.54, 1.807) is 30.3 Å². The van der Waals surface area contributed by atoms with E-state index in [1.807, 2.05) is 31.2 Å². The van der Waals surface area contributed by atoms with Crippen molar-refractivity contribution < 1.29 is 17.5 Å². The summed E-state index contributed by atoms with van der Waals surface area (Å²) in [5.41, 5.74) is 4.14.